The van der Waals surface area contributed by atoms with E-state index in [1.54, 1.807) is 0 Å². The van der Waals surface area contributed by atoms with Crippen molar-refractivity contribution in [3.05, 3.63) is 34.9 Å². The van der Waals surface area contributed by atoms with Gasteiger partial charge in [0.25, 0.3) is 0 Å². The van der Waals surface area contributed by atoms with Crippen molar-refractivity contribution in [2.24, 2.45) is 0 Å². The van der Waals surface area contributed by atoms with Crippen molar-refractivity contribution in [2.75, 3.05) is 0 Å². The SMILES string of the molecule is Cc1cccc2c1C(C)C[C@H](Br)[C@@]21CCCC1=O. The summed E-state index contributed by atoms with van der Waals surface area (Å²) in [4.78, 5) is 12.8. The van der Waals surface area contributed by atoms with E-state index in [4.69, 9.17) is 0 Å². The number of halogens is 1. The van der Waals surface area contributed by atoms with E-state index in [1.807, 2.05) is 0 Å². The number of alkyl halides is 1. The number of carbonyl (C=O) groups is 1. The number of carbonyl (C=O) groups excluding carboxylic acids is 1. The molecule has 3 atom stereocenters. The predicted molar refractivity (Wildman–Crippen MR) is 77.5 cm³/mol. The lowest BCUT2D eigenvalue weighted by molar-refractivity contribution is -0.122. The second-order valence-corrected chi connectivity index (χ2v) is 6.99. The lowest BCUT2D eigenvalue weighted by atomic mass is 9.64. The van der Waals surface area contributed by atoms with Crippen molar-refractivity contribution < 1.29 is 4.79 Å². The van der Waals surface area contributed by atoms with Crippen LogP contribution < -0.4 is 0 Å². The molecule has 2 aliphatic carbocycles. The van der Waals surface area contributed by atoms with Crippen molar-refractivity contribution in [1.29, 1.82) is 0 Å². The molecule has 0 aliphatic heterocycles. The van der Waals surface area contributed by atoms with E-state index in [0.717, 1.165) is 25.7 Å². The van der Waals surface area contributed by atoms with Gasteiger partial charge < -0.3 is 0 Å². The summed E-state index contributed by atoms with van der Waals surface area (Å²) in [6.45, 7) is 4.46. The van der Waals surface area contributed by atoms with Gasteiger partial charge in [-0.1, -0.05) is 41.1 Å². The van der Waals surface area contributed by atoms with Crippen LogP contribution in [0.4, 0.5) is 0 Å². The van der Waals surface area contributed by atoms with Crippen LogP contribution in [0.15, 0.2) is 18.2 Å². The molecule has 0 N–H and O–H groups in total. The Balaban J connectivity index is 2.26. The molecule has 1 spiro atoms. The van der Waals surface area contributed by atoms with Gasteiger partial charge >= 0.3 is 0 Å². The van der Waals surface area contributed by atoms with Crippen LogP contribution in [-0.2, 0) is 10.2 Å². The number of hydrogen-bond donors (Lipinski definition) is 0. The molecule has 1 unspecified atom stereocenters. The number of fused-ring (bicyclic) bond motifs is 2. The number of benzene rings is 1. The molecule has 0 radical (unpaired) electrons. The van der Waals surface area contributed by atoms with E-state index >= 15 is 0 Å². The monoisotopic (exact) mass is 306 g/mol. The maximum atomic E-state index is 12.5. The predicted octanol–water partition coefficient (Wildman–Crippen LogP) is 4.26. The first-order valence-corrected chi connectivity index (χ1v) is 7.76. The first-order valence-electron chi connectivity index (χ1n) is 6.84. The third-order valence-corrected chi connectivity index (χ3v) is 6.02. The molecule has 2 heteroatoms. The van der Waals surface area contributed by atoms with Crippen LogP contribution in [0.1, 0.15) is 55.2 Å². The van der Waals surface area contributed by atoms with Crippen molar-refractivity contribution in [3.8, 4) is 0 Å². The Morgan fingerprint density at radius 1 is 1.39 bits per heavy atom. The fraction of sp³-hybridized carbons (Fsp3) is 0.562. The van der Waals surface area contributed by atoms with Gasteiger partial charge in [-0.2, -0.15) is 0 Å². The summed E-state index contributed by atoms with van der Waals surface area (Å²) in [7, 11) is 0. The average Bonchev–Trinajstić information content (AvgIpc) is 2.69. The van der Waals surface area contributed by atoms with Crippen molar-refractivity contribution in [1.82, 2.24) is 0 Å². The molecule has 0 aromatic heterocycles. The maximum absolute atomic E-state index is 12.5. The van der Waals surface area contributed by atoms with Crippen LogP contribution in [-0.4, -0.2) is 10.6 Å². The van der Waals surface area contributed by atoms with Gasteiger partial charge in [0.2, 0.25) is 0 Å². The lowest BCUT2D eigenvalue weighted by Gasteiger charge is -2.42. The zero-order valence-electron chi connectivity index (χ0n) is 11.0. The number of ketones is 1. The third kappa shape index (κ3) is 1.48. The second-order valence-electron chi connectivity index (χ2n) is 5.89. The Hall–Kier alpha value is -0.630. The molecule has 2 aliphatic rings. The summed E-state index contributed by atoms with van der Waals surface area (Å²) in [6.07, 6.45) is 3.89. The van der Waals surface area contributed by atoms with Gasteiger partial charge in [0.05, 0.1) is 5.41 Å². The smallest absolute Gasteiger partial charge is 0.144 e. The molecule has 0 saturated heterocycles. The van der Waals surface area contributed by atoms with Crippen LogP contribution in [0.2, 0.25) is 0 Å². The summed E-state index contributed by atoms with van der Waals surface area (Å²) in [5.74, 6) is 0.993. The van der Waals surface area contributed by atoms with Gasteiger partial charge in [-0.05, 0) is 48.8 Å². The number of hydrogen-bond acceptors (Lipinski definition) is 1. The fourth-order valence-corrected chi connectivity index (χ4v) is 5.32. The van der Waals surface area contributed by atoms with E-state index in [-0.39, 0.29) is 5.41 Å². The minimum absolute atomic E-state index is 0.228. The third-order valence-electron chi connectivity index (χ3n) is 4.87. The standard InChI is InChI=1S/C16H19BrO/c1-10-5-3-6-12-15(10)11(2)9-13(17)16(12)8-4-7-14(16)18/h3,5-6,11,13H,4,7-9H2,1-2H3/t11?,13-,16+/m0/s1. The van der Waals surface area contributed by atoms with E-state index in [2.05, 4.69) is 48.0 Å². The maximum Gasteiger partial charge on any atom is 0.144 e. The van der Waals surface area contributed by atoms with Gasteiger partial charge in [-0.25, -0.2) is 0 Å². The Morgan fingerprint density at radius 2 is 2.17 bits per heavy atom. The largest absolute Gasteiger partial charge is 0.299 e. The Morgan fingerprint density at radius 3 is 2.83 bits per heavy atom. The van der Waals surface area contributed by atoms with E-state index in [0.29, 0.717) is 16.5 Å². The van der Waals surface area contributed by atoms with Gasteiger partial charge in [-0.3, -0.25) is 4.79 Å². The minimum atomic E-state index is -0.228. The highest BCUT2D eigenvalue weighted by atomic mass is 79.9. The Kier molecular flexibility index (Phi) is 2.89. The van der Waals surface area contributed by atoms with Gasteiger partial charge in [0.15, 0.2) is 0 Å². The summed E-state index contributed by atoms with van der Waals surface area (Å²) < 4.78 is 0. The average molecular weight is 307 g/mol. The summed E-state index contributed by atoms with van der Waals surface area (Å²) in [5.41, 5.74) is 3.86. The van der Waals surface area contributed by atoms with Crippen LogP contribution in [0, 0.1) is 6.92 Å². The van der Waals surface area contributed by atoms with Crippen molar-refractivity contribution in [2.45, 2.75) is 55.7 Å². The summed E-state index contributed by atoms with van der Waals surface area (Å²) in [6, 6.07) is 6.48. The van der Waals surface area contributed by atoms with E-state index < -0.39 is 0 Å². The highest BCUT2D eigenvalue weighted by molar-refractivity contribution is 9.09. The van der Waals surface area contributed by atoms with Crippen molar-refractivity contribution in [3.63, 3.8) is 0 Å². The molecule has 96 valence electrons. The summed E-state index contributed by atoms with van der Waals surface area (Å²) in [5, 5.41) is 0. The molecular weight excluding hydrogens is 288 g/mol. The van der Waals surface area contributed by atoms with Crippen LogP contribution in [0.25, 0.3) is 0 Å². The number of aryl methyl sites for hydroxylation is 1. The van der Waals surface area contributed by atoms with Gasteiger partial charge in [0.1, 0.15) is 5.78 Å². The Bertz CT molecular complexity index is 508. The molecule has 0 amide bonds. The highest BCUT2D eigenvalue weighted by Crippen LogP contribution is 2.53. The van der Waals surface area contributed by atoms with Crippen LogP contribution in [0.3, 0.4) is 0 Å². The molecule has 1 nitrogen and oxygen atoms in total. The molecule has 0 heterocycles. The summed E-state index contributed by atoms with van der Waals surface area (Å²) >= 11 is 3.83. The molecular formula is C16H19BrO. The van der Waals surface area contributed by atoms with Gasteiger partial charge in [-0.15, -0.1) is 0 Å². The molecule has 1 saturated carbocycles. The van der Waals surface area contributed by atoms with Crippen molar-refractivity contribution >= 4 is 21.7 Å². The first kappa shape index (κ1) is 12.4. The topological polar surface area (TPSA) is 17.1 Å². The van der Waals surface area contributed by atoms with E-state index in [1.165, 1.54) is 16.7 Å². The van der Waals surface area contributed by atoms with E-state index in [9.17, 15) is 4.79 Å². The van der Waals surface area contributed by atoms with Crippen LogP contribution in [0.5, 0.6) is 0 Å². The molecule has 1 aromatic rings. The fourth-order valence-electron chi connectivity index (χ4n) is 4.03. The Labute approximate surface area is 117 Å². The number of rotatable bonds is 0. The first-order chi connectivity index (χ1) is 8.57. The zero-order chi connectivity index (χ0) is 12.9. The van der Waals surface area contributed by atoms with Gasteiger partial charge in [0, 0.05) is 11.2 Å². The quantitative estimate of drug-likeness (QED) is 0.655. The lowest BCUT2D eigenvalue weighted by Crippen LogP contribution is -2.44. The molecule has 1 fully saturated rings. The zero-order valence-corrected chi connectivity index (χ0v) is 12.6. The molecule has 0 bridgehead atoms. The molecule has 1 aromatic carbocycles. The molecule has 18 heavy (non-hydrogen) atoms. The molecule has 3 rings (SSSR count). The van der Waals surface area contributed by atoms with Crippen LogP contribution >= 0.6 is 15.9 Å². The second kappa shape index (κ2) is 4.19. The normalized spacial score (nSPS) is 34.9. The highest BCUT2D eigenvalue weighted by Gasteiger charge is 2.52. The number of Topliss-reactive ketones (excluding diaryl/α,β-unsaturated/α-hetero) is 1. The minimum Gasteiger partial charge on any atom is -0.299 e.